The number of H-pyrrole nitrogens is 1. The molecule has 0 radical (unpaired) electrons. The predicted molar refractivity (Wildman–Crippen MR) is 112 cm³/mol. The van der Waals surface area contributed by atoms with Crippen molar-refractivity contribution in [2.24, 2.45) is 7.05 Å². The molecule has 1 N–H and O–H groups in total. The molecular weight excluding hydrogens is 366 g/mol. The van der Waals surface area contributed by atoms with Gasteiger partial charge in [-0.3, -0.25) is 14.8 Å². The largest absolute Gasteiger partial charge is 0.377 e. The molecule has 8 nitrogen and oxygen atoms in total. The van der Waals surface area contributed by atoms with Gasteiger partial charge < -0.3 is 9.64 Å². The van der Waals surface area contributed by atoms with E-state index in [9.17, 15) is 0 Å². The van der Waals surface area contributed by atoms with E-state index in [0.29, 0.717) is 13.2 Å². The molecule has 1 saturated heterocycles. The summed E-state index contributed by atoms with van der Waals surface area (Å²) in [5, 5.41) is 12.6. The summed E-state index contributed by atoms with van der Waals surface area (Å²) in [6, 6.07) is 6.38. The van der Waals surface area contributed by atoms with Crippen LogP contribution in [0.15, 0.2) is 36.8 Å². The monoisotopic (exact) mass is 389 g/mol. The molecule has 1 unspecified atom stereocenters. The lowest BCUT2D eigenvalue weighted by Gasteiger charge is -2.34. The van der Waals surface area contributed by atoms with Crippen molar-refractivity contribution >= 4 is 16.7 Å². The molecular formula is C21H23N7O. The zero-order valence-electron chi connectivity index (χ0n) is 16.8. The summed E-state index contributed by atoms with van der Waals surface area (Å²) >= 11 is 0. The van der Waals surface area contributed by atoms with Crippen LogP contribution in [0.2, 0.25) is 0 Å². The first-order chi connectivity index (χ1) is 14.1. The molecule has 0 aliphatic carbocycles. The number of hydrogen-bond acceptors (Lipinski definition) is 6. The van der Waals surface area contributed by atoms with Gasteiger partial charge in [-0.05, 0) is 37.6 Å². The van der Waals surface area contributed by atoms with Crippen LogP contribution in [0.1, 0.15) is 12.5 Å². The summed E-state index contributed by atoms with van der Waals surface area (Å²) < 4.78 is 7.53. The third kappa shape index (κ3) is 2.96. The molecule has 1 fully saturated rings. The van der Waals surface area contributed by atoms with Crippen LogP contribution < -0.4 is 4.90 Å². The van der Waals surface area contributed by atoms with Crippen LogP contribution in [0.25, 0.3) is 33.5 Å². The number of aromatic nitrogens is 6. The zero-order valence-corrected chi connectivity index (χ0v) is 16.8. The van der Waals surface area contributed by atoms with E-state index in [0.717, 1.165) is 51.5 Å². The normalized spacial score (nSPS) is 17.2. The van der Waals surface area contributed by atoms with E-state index in [1.165, 1.54) is 0 Å². The van der Waals surface area contributed by atoms with Crippen molar-refractivity contribution < 1.29 is 4.74 Å². The van der Waals surface area contributed by atoms with Gasteiger partial charge in [-0.2, -0.15) is 10.2 Å². The number of anilines is 1. The highest BCUT2D eigenvalue weighted by atomic mass is 16.5. The van der Waals surface area contributed by atoms with Crippen LogP contribution in [0.5, 0.6) is 0 Å². The Bertz CT molecular complexity index is 1170. The second-order valence-electron chi connectivity index (χ2n) is 7.47. The Hall–Kier alpha value is -3.26. The number of rotatable bonds is 3. The molecule has 0 amide bonds. The minimum Gasteiger partial charge on any atom is -0.377 e. The van der Waals surface area contributed by atoms with E-state index in [1.807, 2.05) is 36.3 Å². The molecule has 5 rings (SSSR count). The van der Waals surface area contributed by atoms with Crippen LogP contribution in [0, 0.1) is 6.92 Å². The molecule has 0 aromatic carbocycles. The van der Waals surface area contributed by atoms with Crippen LogP contribution in [0.3, 0.4) is 0 Å². The second kappa shape index (κ2) is 6.97. The molecule has 4 aromatic rings. The standard InChI is InChI=1S/C21H23N7O/c1-13-11-22-20(16-4-6-23-26-16)21-19(13)15(17-5-7-24-27(17)3)10-18(25-21)28-8-9-29-12-14(28)2/h4-7,10-11,14H,8-9,12H2,1-3H3,(H,23,26). The average Bonchev–Trinajstić information content (AvgIpc) is 3.40. The summed E-state index contributed by atoms with van der Waals surface area (Å²) in [6.07, 6.45) is 5.46. The quantitative estimate of drug-likeness (QED) is 0.580. The molecule has 0 bridgehead atoms. The average molecular weight is 389 g/mol. The highest BCUT2D eigenvalue weighted by Gasteiger charge is 2.24. The summed E-state index contributed by atoms with van der Waals surface area (Å²) in [6.45, 7) is 6.44. The maximum absolute atomic E-state index is 5.64. The Labute approximate surface area is 168 Å². The van der Waals surface area contributed by atoms with Gasteiger partial charge in [-0.15, -0.1) is 0 Å². The lowest BCUT2D eigenvalue weighted by atomic mass is 10.0. The fourth-order valence-corrected chi connectivity index (χ4v) is 4.03. The third-order valence-corrected chi connectivity index (χ3v) is 5.53. The lowest BCUT2D eigenvalue weighted by Crippen LogP contribution is -2.44. The van der Waals surface area contributed by atoms with Crippen molar-refractivity contribution in [3.63, 3.8) is 0 Å². The van der Waals surface area contributed by atoms with Gasteiger partial charge in [0.05, 0.1) is 30.6 Å². The number of aryl methyl sites for hydroxylation is 2. The number of fused-ring (bicyclic) bond motifs is 1. The lowest BCUT2D eigenvalue weighted by molar-refractivity contribution is 0.0986. The first-order valence-electron chi connectivity index (χ1n) is 9.76. The van der Waals surface area contributed by atoms with Crippen molar-refractivity contribution in [3.8, 4) is 22.6 Å². The molecule has 0 spiro atoms. The first kappa shape index (κ1) is 17.8. The van der Waals surface area contributed by atoms with E-state index in [2.05, 4.69) is 40.1 Å². The van der Waals surface area contributed by atoms with Gasteiger partial charge in [0.15, 0.2) is 0 Å². The highest BCUT2D eigenvalue weighted by molar-refractivity contribution is 6.02. The highest BCUT2D eigenvalue weighted by Crippen LogP contribution is 2.37. The second-order valence-corrected chi connectivity index (χ2v) is 7.47. The maximum Gasteiger partial charge on any atom is 0.130 e. The van der Waals surface area contributed by atoms with Gasteiger partial charge >= 0.3 is 0 Å². The van der Waals surface area contributed by atoms with E-state index in [-0.39, 0.29) is 6.04 Å². The topological polar surface area (TPSA) is 84.8 Å². The van der Waals surface area contributed by atoms with Crippen molar-refractivity contribution in [2.75, 3.05) is 24.7 Å². The molecule has 5 heterocycles. The Kier molecular flexibility index (Phi) is 4.28. The number of pyridine rings is 2. The number of aromatic amines is 1. The summed E-state index contributed by atoms with van der Waals surface area (Å²) in [7, 11) is 1.96. The molecule has 29 heavy (non-hydrogen) atoms. The Morgan fingerprint density at radius 2 is 2.14 bits per heavy atom. The van der Waals surface area contributed by atoms with Gasteiger partial charge in [0, 0.05) is 43.1 Å². The summed E-state index contributed by atoms with van der Waals surface area (Å²) in [5.74, 6) is 0.928. The number of hydrogen-bond donors (Lipinski definition) is 1. The molecule has 0 saturated carbocycles. The SMILES string of the molecule is Cc1cnc(-c2ccn[nH]2)c2nc(N3CCOCC3C)cc(-c3ccnn3C)c12. The number of nitrogens with one attached hydrogen (secondary N) is 1. The van der Waals surface area contributed by atoms with Crippen molar-refractivity contribution in [1.82, 2.24) is 29.9 Å². The van der Waals surface area contributed by atoms with Gasteiger partial charge in [0.1, 0.15) is 17.0 Å². The zero-order chi connectivity index (χ0) is 20.0. The van der Waals surface area contributed by atoms with Gasteiger partial charge in [0.2, 0.25) is 0 Å². The molecule has 1 aliphatic rings. The van der Waals surface area contributed by atoms with E-state index in [1.54, 1.807) is 6.20 Å². The summed E-state index contributed by atoms with van der Waals surface area (Å²) in [5.41, 5.74) is 5.74. The predicted octanol–water partition coefficient (Wildman–Crippen LogP) is 2.95. The van der Waals surface area contributed by atoms with E-state index in [4.69, 9.17) is 14.7 Å². The fourth-order valence-electron chi connectivity index (χ4n) is 4.03. The first-order valence-corrected chi connectivity index (χ1v) is 9.76. The van der Waals surface area contributed by atoms with Gasteiger partial charge in [-0.1, -0.05) is 0 Å². The van der Waals surface area contributed by atoms with Crippen molar-refractivity contribution in [1.29, 1.82) is 0 Å². The van der Waals surface area contributed by atoms with E-state index < -0.39 is 0 Å². The molecule has 1 atom stereocenters. The Morgan fingerprint density at radius 1 is 1.24 bits per heavy atom. The van der Waals surface area contributed by atoms with Crippen LogP contribution in [0.4, 0.5) is 5.82 Å². The fraction of sp³-hybridized carbons (Fsp3) is 0.333. The number of nitrogens with zero attached hydrogens (tertiary/aromatic N) is 6. The third-order valence-electron chi connectivity index (χ3n) is 5.53. The van der Waals surface area contributed by atoms with Crippen molar-refractivity contribution in [2.45, 2.75) is 19.9 Å². The van der Waals surface area contributed by atoms with Crippen LogP contribution >= 0.6 is 0 Å². The smallest absolute Gasteiger partial charge is 0.130 e. The number of ether oxygens (including phenoxy) is 1. The Balaban J connectivity index is 1.84. The minimum absolute atomic E-state index is 0.251. The molecule has 4 aromatic heterocycles. The molecule has 148 valence electrons. The van der Waals surface area contributed by atoms with Gasteiger partial charge in [-0.25, -0.2) is 4.98 Å². The van der Waals surface area contributed by atoms with Gasteiger partial charge in [0.25, 0.3) is 0 Å². The maximum atomic E-state index is 5.64. The van der Waals surface area contributed by atoms with E-state index >= 15 is 0 Å². The minimum atomic E-state index is 0.251. The van der Waals surface area contributed by atoms with Crippen molar-refractivity contribution in [3.05, 3.63) is 42.4 Å². The Morgan fingerprint density at radius 3 is 2.86 bits per heavy atom. The summed E-state index contributed by atoms with van der Waals surface area (Å²) in [4.78, 5) is 12.1. The van der Waals surface area contributed by atoms with Crippen LogP contribution in [-0.2, 0) is 11.8 Å². The molecule has 1 aliphatic heterocycles. The molecule has 8 heteroatoms. The van der Waals surface area contributed by atoms with Crippen LogP contribution in [-0.4, -0.2) is 55.7 Å². The number of morpholine rings is 1.